The molecule has 3 atom stereocenters. The number of rotatable bonds is 3. The van der Waals surface area contributed by atoms with Crippen LogP contribution in [-0.4, -0.2) is 48.7 Å². The Labute approximate surface area is 126 Å². The van der Waals surface area contributed by atoms with Crippen LogP contribution in [0.2, 0.25) is 0 Å². The highest BCUT2D eigenvalue weighted by Crippen LogP contribution is 2.26. The monoisotopic (exact) mass is 300 g/mol. The maximum absolute atomic E-state index is 12.1. The van der Waals surface area contributed by atoms with Crippen molar-refractivity contribution >= 4 is 12.0 Å². The molecule has 1 aliphatic rings. The zero-order chi connectivity index (χ0) is 16.2. The van der Waals surface area contributed by atoms with Crippen molar-refractivity contribution in [2.75, 3.05) is 14.1 Å². The highest BCUT2D eigenvalue weighted by Gasteiger charge is 2.35. The second-order valence-electron chi connectivity index (χ2n) is 6.77. The number of ether oxygens (including phenoxy) is 1. The van der Waals surface area contributed by atoms with Crippen molar-refractivity contribution in [2.45, 2.75) is 57.7 Å². The van der Waals surface area contributed by atoms with Crippen LogP contribution in [0.15, 0.2) is 0 Å². The van der Waals surface area contributed by atoms with Crippen LogP contribution in [0.25, 0.3) is 0 Å². The van der Waals surface area contributed by atoms with Gasteiger partial charge in [0.05, 0.1) is 0 Å². The van der Waals surface area contributed by atoms with Gasteiger partial charge in [-0.05, 0) is 40.0 Å². The van der Waals surface area contributed by atoms with Gasteiger partial charge in [-0.1, -0.05) is 0 Å². The Morgan fingerprint density at radius 3 is 2.29 bits per heavy atom. The molecule has 0 aliphatic heterocycles. The molecule has 122 valence electrons. The van der Waals surface area contributed by atoms with E-state index in [9.17, 15) is 9.59 Å². The fourth-order valence-electron chi connectivity index (χ4n) is 2.58. The minimum absolute atomic E-state index is 0.0521. The number of alkyl carbamates (subject to hydrolysis) is 1. The second kappa shape index (κ2) is 7.09. The van der Waals surface area contributed by atoms with E-state index in [1.54, 1.807) is 19.0 Å². The van der Waals surface area contributed by atoms with Gasteiger partial charge in [-0.15, -0.1) is 0 Å². The Hall–Kier alpha value is -1.34. The van der Waals surface area contributed by atoms with Crippen molar-refractivity contribution in [2.24, 2.45) is 11.8 Å². The first-order valence-corrected chi connectivity index (χ1v) is 7.31. The second-order valence-corrected chi connectivity index (χ2v) is 6.77. The summed E-state index contributed by atoms with van der Waals surface area (Å²) in [6, 6.07) is -0.267. The summed E-state index contributed by atoms with van der Waals surface area (Å²) in [4.78, 5) is 25.6. The Morgan fingerprint density at radius 1 is 1.19 bits per heavy atom. The van der Waals surface area contributed by atoms with Crippen LogP contribution < -0.4 is 16.6 Å². The van der Waals surface area contributed by atoms with Gasteiger partial charge in [0, 0.05) is 32.1 Å². The van der Waals surface area contributed by atoms with E-state index in [-0.39, 0.29) is 23.9 Å². The third kappa shape index (κ3) is 5.51. The van der Waals surface area contributed by atoms with Crippen molar-refractivity contribution in [1.82, 2.24) is 15.6 Å². The van der Waals surface area contributed by atoms with E-state index in [1.165, 1.54) is 0 Å². The lowest BCUT2D eigenvalue weighted by atomic mass is 9.82. The molecule has 21 heavy (non-hydrogen) atoms. The topological polar surface area (TPSA) is 96.7 Å². The van der Waals surface area contributed by atoms with E-state index in [0.717, 1.165) is 12.8 Å². The summed E-state index contributed by atoms with van der Waals surface area (Å²) in [5, 5.41) is 2.83. The van der Waals surface area contributed by atoms with Crippen LogP contribution in [-0.2, 0) is 9.53 Å². The quantitative estimate of drug-likeness (QED) is 0.524. The number of carbonyl (C=O) groups is 2. The maximum atomic E-state index is 12.1. The lowest BCUT2D eigenvalue weighted by Crippen LogP contribution is -2.56. The smallest absolute Gasteiger partial charge is 0.407 e. The standard InChI is InChI=1S/C14H28N4O3/c1-14(2,3)21-13(20)16-11-8-9(12(19)18(4)5)6-7-10(11)17-15/h9-11,17H,6-8,15H2,1-5H3,(H,16,20)/t9-,10-,11+/m0/s1. The molecule has 0 radical (unpaired) electrons. The van der Waals surface area contributed by atoms with E-state index in [4.69, 9.17) is 10.6 Å². The molecule has 1 rings (SSSR count). The average molecular weight is 300 g/mol. The third-order valence-corrected chi connectivity index (χ3v) is 3.56. The number of hydrogen-bond donors (Lipinski definition) is 3. The number of carbonyl (C=O) groups excluding carboxylic acids is 2. The van der Waals surface area contributed by atoms with Crippen molar-refractivity contribution < 1.29 is 14.3 Å². The maximum Gasteiger partial charge on any atom is 0.407 e. The van der Waals surface area contributed by atoms with Gasteiger partial charge in [-0.2, -0.15) is 0 Å². The number of hydrogen-bond acceptors (Lipinski definition) is 5. The molecule has 0 spiro atoms. The fourth-order valence-corrected chi connectivity index (χ4v) is 2.58. The molecule has 0 saturated heterocycles. The normalized spacial score (nSPS) is 26.1. The molecule has 4 N–H and O–H groups in total. The van der Waals surface area contributed by atoms with Crippen LogP contribution in [0.3, 0.4) is 0 Å². The van der Waals surface area contributed by atoms with Gasteiger partial charge in [0.1, 0.15) is 5.60 Å². The van der Waals surface area contributed by atoms with E-state index >= 15 is 0 Å². The molecule has 0 heterocycles. The van der Waals surface area contributed by atoms with Crippen LogP contribution in [0.1, 0.15) is 40.0 Å². The number of nitrogens with two attached hydrogens (primary N) is 1. The zero-order valence-corrected chi connectivity index (χ0v) is 13.6. The van der Waals surface area contributed by atoms with E-state index < -0.39 is 11.7 Å². The summed E-state index contributed by atoms with van der Waals surface area (Å²) in [6.07, 6.45) is 1.58. The first kappa shape index (κ1) is 17.7. The Balaban J connectivity index is 2.67. The third-order valence-electron chi connectivity index (χ3n) is 3.56. The summed E-state index contributed by atoms with van der Waals surface area (Å²) < 4.78 is 5.26. The van der Waals surface area contributed by atoms with Gasteiger partial charge in [-0.25, -0.2) is 4.79 Å². The predicted octanol–water partition coefficient (Wildman–Crippen LogP) is 0.600. The largest absolute Gasteiger partial charge is 0.444 e. The lowest BCUT2D eigenvalue weighted by Gasteiger charge is -2.36. The molecule has 1 saturated carbocycles. The molecule has 0 bridgehead atoms. The predicted molar refractivity (Wildman–Crippen MR) is 80.3 cm³/mol. The first-order valence-electron chi connectivity index (χ1n) is 7.31. The molecule has 2 amide bonds. The number of nitrogens with one attached hydrogen (secondary N) is 2. The van der Waals surface area contributed by atoms with Gasteiger partial charge >= 0.3 is 6.09 Å². The van der Waals surface area contributed by atoms with E-state index in [0.29, 0.717) is 6.42 Å². The van der Waals surface area contributed by atoms with Crippen molar-refractivity contribution in [1.29, 1.82) is 0 Å². The van der Waals surface area contributed by atoms with Gasteiger partial charge in [0.2, 0.25) is 5.91 Å². The molecular weight excluding hydrogens is 272 g/mol. The molecule has 1 aliphatic carbocycles. The average Bonchev–Trinajstić information content (AvgIpc) is 2.35. The zero-order valence-electron chi connectivity index (χ0n) is 13.6. The molecule has 0 aromatic heterocycles. The van der Waals surface area contributed by atoms with Gasteiger partial charge in [-0.3, -0.25) is 16.1 Å². The SMILES string of the molecule is CN(C)C(=O)[C@H]1CC[C@H](NN)[C@H](NC(=O)OC(C)(C)C)C1. The van der Waals surface area contributed by atoms with Gasteiger partial charge in [0.15, 0.2) is 0 Å². The number of hydrazine groups is 1. The Kier molecular flexibility index (Phi) is 5.98. The minimum atomic E-state index is -0.552. The van der Waals surface area contributed by atoms with Crippen LogP contribution in [0.5, 0.6) is 0 Å². The van der Waals surface area contributed by atoms with Crippen LogP contribution >= 0.6 is 0 Å². The molecule has 1 fully saturated rings. The summed E-state index contributed by atoms with van der Waals surface area (Å²) >= 11 is 0. The Morgan fingerprint density at radius 2 is 1.81 bits per heavy atom. The summed E-state index contributed by atoms with van der Waals surface area (Å²) in [5.74, 6) is 5.53. The van der Waals surface area contributed by atoms with E-state index in [1.807, 2.05) is 20.8 Å². The molecule has 0 aromatic rings. The molecule has 7 heteroatoms. The lowest BCUT2D eigenvalue weighted by molar-refractivity contribution is -0.134. The highest BCUT2D eigenvalue weighted by atomic mass is 16.6. The highest BCUT2D eigenvalue weighted by molar-refractivity contribution is 5.78. The molecule has 0 aromatic carbocycles. The van der Waals surface area contributed by atoms with Crippen LogP contribution in [0.4, 0.5) is 4.79 Å². The Bertz CT molecular complexity index is 379. The molecule has 0 unspecified atom stereocenters. The first-order chi connectivity index (χ1) is 9.64. The van der Waals surface area contributed by atoms with Crippen molar-refractivity contribution in [3.63, 3.8) is 0 Å². The van der Waals surface area contributed by atoms with Crippen molar-refractivity contribution in [3.05, 3.63) is 0 Å². The fraction of sp³-hybridized carbons (Fsp3) is 0.857. The van der Waals surface area contributed by atoms with E-state index in [2.05, 4.69) is 10.7 Å². The van der Waals surface area contributed by atoms with Gasteiger partial charge < -0.3 is 15.0 Å². The summed E-state index contributed by atoms with van der Waals surface area (Å²) in [7, 11) is 3.48. The molecular formula is C14H28N4O3. The summed E-state index contributed by atoms with van der Waals surface area (Å²) in [6.45, 7) is 5.43. The minimum Gasteiger partial charge on any atom is -0.444 e. The summed E-state index contributed by atoms with van der Waals surface area (Å²) in [5.41, 5.74) is 2.16. The van der Waals surface area contributed by atoms with Crippen LogP contribution in [0, 0.1) is 5.92 Å². The number of amides is 2. The van der Waals surface area contributed by atoms with Gasteiger partial charge in [0.25, 0.3) is 0 Å². The number of nitrogens with zero attached hydrogens (tertiary/aromatic N) is 1. The molecule has 7 nitrogen and oxygen atoms in total. The van der Waals surface area contributed by atoms with Crippen molar-refractivity contribution in [3.8, 4) is 0 Å².